The number of sulfonamides is 1. The Balaban J connectivity index is 1.14. The van der Waals surface area contributed by atoms with Gasteiger partial charge in [-0.3, -0.25) is 4.79 Å². The van der Waals surface area contributed by atoms with Gasteiger partial charge in [0.25, 0.3) is 0 Å². The fourth-order valence-corrected chi connectivity index (χ4v) is 8.39. The van der Waals surface area contributed by atoms with Crippen LogP contribution in [-0.4, -0.2) is 38.3 Å². The number of nitrogens with one attached hydrogen (secondary N) is 1. The number of rotatable bonds is 5. The number of nitrogens with zero attached hydrogens (tertiary/aromatic N) is 1. The van der Waals surface area contributed by atoms with Crippen molar-refractivity contribution in [2.45, 2.75) is 56.3 Å². The monoisotopic (exact) mass is 434 g/mol. The Morgan fingerprint density at radius 2 is 1.53 bits per heavy atom. The van der Waals surface area contributed by atoms with E-state index in [1.807, 2.05) is 0 Å². The molecule has 30 heavy (non-hydrogen) atoms. The third-order valence-corrected chi connectivity index (χ3v) is 10.0. The lowest BCUT2D eigenvalue weighted by Crippen LogP contribution is -2.54. The van der Waals surface area contributed by atoms with Crippen molar-refractivity contribution in [3.05, 3.63) is 30.1 Å². The van der Waals surface area contributed by atoms with Crippen molar-refractivity contribution in [1.82, 2.24) is 9.62 Å². The maximum atomic E-state index is 13.1. The Morgan fingerprint density at radius 1 is 1.00 bits per heavy atom. The van der Waals surface area contributed by atoms with Crippen LogP contribution < -0.4 is 5.32 Å². The first-order valence-corrected chi connectivity index (χ1v) is 12.8. The highest BCUT2D eigenvalue weighted by Crippen LogP contribution is 2.60. The molecule has 5 fully saturated rings. The van der Waals surface area contributed by atoms with Crippen LogP contribution in [0, 0.1) is 34.9 Å². The first kappa shape index (κ1) is 20.4. The summed E-state index contributed by atoms with van der Waals surface area (Å²) < 4.78 is 40.1. The minimum absolute atomic E-state index is 0.124. The van der Waals surface area contributed by atoms with E-state index in [0.29, 0.717) is 25.6 Å². The number of amides is 1. The van der Waals surface area contributed by atoms with Crippen LogP contribution >= 0.6 is 0 Å². The van der Waals surface area contributed by atoms with E-state index in [-0.39, 0.29) is 16.2 Å². The number of benzene rings is 1. The molecule has 1 amide bonds. The van der Waals surface area contributed by atoms with Gasteiger partial charge in [-0.25, -0.2) is 12.8 Å². The van der Waals surface area contributed by atoms with Crippen LogP contribution in [0.25, 0.3) is 0 Å². The van der Waals surface area contributed by atoms with Gasteiger partial charge in [0, 0.05) is 25.0 Å². The maximum Gasteiger partial charge on any atom is 0.243 e. The summed E-state index contributed by atoms with van der Waals surface area (Å²) in [4.78, 5) is 13.3. The molecule has 0 atom stereocenters. The fourth-order valence-electron chi connectivity index (χ4n) is 6.92. The second kappa shape index (κ2) is 7.59. The molecule has 0 unspecified atom stereocenters. The predicted molar refractivity (Wildman–Crippen MR) is 111 cm³/mol. The van der Waals surface area contributed by atoms with Gasteiger partial charge in [0.2, 0.25) is 15.9 Å². The Hall–Kier alpha value is -1.47. The minimum atomic E-state index is -3.58. The molecule has 1 heterocycles. The number of hydrogen-bond acceptors (Lipinski definition) is 3. The molecule has 6 rings (SSSR count). The van der Waals surface area contributed by atoms with Gasteiger partial charge in [-0.1, -0.05) is 0 Å². The van der Waals surface area contributed by atoms with Gasteiger partial charge < -0.3 is 5.32 Å². The highest BCUT2D eigenvalue weighted by molar-refractivity contribution is 7.89. The standard InChI is InChI=1S/C23H31FN2O3S/c24-20-1-3-21(4-2-20)30(28,29)26-7-5-16(6-8-26)15-25-22(27)23-12-17-9-18(13-23)11-19(10-17)14-23/h1-4,16-19H,5-15H2,(H,25,27). The molecular weight excluding hydrogens is 403 g/mol. The van der Waals surface area contributed by atoms with Gasteiger partial charge >= 0.3 is 0 Å². The topological polar surface area (TPSA) is 66.5 Å². The van der Waals surface area contributed by atoms with Gasteiger partial charge in [-0.2, -0.15) is 4.31 Å². The van der Waals surface area contributed by atoms with E-state index in [0.717, 1.165) is 49.9 Å². The summed E-state index contributed by atoms with van der Waals surface area (Å²) in [5.74, 6) is 2.37. The molecule has 4 aliphatic carbocycles. The zero-order valence-corrected chi connectivity index (χ0v) is 18.2. The first-order valence-electron chi connectivity index (χ1n) is 11.4. The molecule has 0 radical (unpaired) electrons. The van der Waals surface area contributed by atoms with E-state index < -0.39 is 15.8 Å². The van der Waals surface area contributed by atoms with Gasteiger partial charge in [0.15, 0.2) is 0 Å². The summed E-state index contributed by atoms with van der Waals surface area (Å²) in [6.45, 7) is 1.53. The molecule has 1 N–H and O–H groups in total. The molecule has 1 aromatic carbocycles. The molecule has 1 aromatic rings. The van der Waals surface area contributed by atoms with Crippen LogP contribution in [0.1, 0.15) is 51.4 Å². The predicted octanol–water partition coefficient (Wildman–Crippen LogP) is 3.56. The van der Waals surface area contributed by atoms with Gasteiger partial charge in [0.1, 0.15) is 5.82 Å². The smallest absolute Gasteiger partial charge is 0.243 e. The molecular formula is C23H31FN2O3S. The van der Waals surface area contributed by atoms with E-state index >= 15 is 0 Å². The van der Waals surface area contributed by atoms with Crippen molar-refractivity contribution in [2.75, 3.05) is 19.6 Å². The van der Waals surface area contributed by atoms with Crippen molar-refractivity contribution in [3.63, 3.8) is 0 Å². The number of carbonyl (C=O) groups is 1. The number of carbonyl (C=O) groups excluding carboxylic acids is 1. The Kier molecular flexibility index (Phi) is 5.17. The van der Waals surface area contributed by atoms with E-state index in [9.17, 15) is 17.6 Å². The first-order chi connectivity index (χ1) is 14.3. The van der Waals surface area contributed by atoms with E-state index in [1.165, 1.54) is 47.8 Å². The molecule has 5 aliphatic rings. The summed E-state index contributed by atoms with van der Waals surface area (Å²) >= 11 is 0. The van der Waals surface area contributed by atoms with Crippen molar-refractivity contribution in [1.29, 1.82) is 0 Å². The van der Waals surface area contributed by atoms with E-state index in [2.05, 4.69) is 5.32 Å². The number of hydrogen-bond donors (Lipinski definition) is 1. The maximum absolute atomic E-state index is 13.1. The summed E-state index contributed by atoms with van der Waals surface area (Å²) in [7, 11) is -3.58. The molecule has 5 nitrogen and oxygen atoms in total. The molecule has 0 spiro atoms. The van der Waals surface area contributed by atoms with Gasteiger partial charge in [-0.05, 0) is 99.3 Å². The molecule has 0 aromatic heterocycles. The average molecular weight is 435 g/mol. The summed E-state index contributed by atoms with van der Waals surface area (Å²) in [5, 5.41) is 3.25. The second-order valence-electron chi connectivity index (χ2n) is 10.2. The lowest BCUT2D eigenvalue weighted by molar-refractivity contribution is -0.146. The van der Waals surface area contributed by atoms with Crippen molar-refractivity contribution < 1.29 is 17.6 Å². The molecule has 4 saturated carbocycles. The largest absolute Gasteiger partial charge is 0.355 e. The number of piperidine rings is 1. The third-order valence-electron chi connectivity index (χ3n) is 8.10. The third kappa shape index (κ3) is 3.68. The molecule has 164 valence electrons. The summed E-state index contributed by atoms with van der Waals surface area (Å²) in [6, 6.07) is 5.00. The molecule has 4 bridgehead atoms. The van der Waals surface area contributed by atoms with Crippen molar-refractivity contribution >= 4 is 15.9 Å². The second-order valence-corrected chi connectivity index (χ2v) is 12.1. The molecule has 1 saturated heterocycles. The van der Waals surface area contributed by atoms with Crippen LogP contribution in [0.5, 0.6) is 0 Å². The van der Waals surface area contributed by atoms with Crippen LogP contribution in [0.4, 0.5) is 4.39 Å². The highest BCUT2D eigenvalue weighted by Gasteiger charge is 2.54. The van der Waals surface area contributed by atoms with Crippen LogP contribution in [-0.2, 0) is 14.8 Å². The SMILES string of the molecule is O=C(NCC1CCN(S(=O)(=O)c2ccc(F)cc2)CC1)C12CC3CC(CC(C3)C1)C2. The van der Waals surface area contributed by atoms with Gasteiger partial charge in [0.05, 0.1) is 4.90 Å². The zero-order chi connectivity index (χ0) is 20.9. The Bertz CT molecular complexity index is 872. The Morgan fingerprint density at radius 3 is 2.07 bits per heavy atom. The quantitative estimate of drug-likeness (QED) is 0.771. The lowest BCUT2D eigenvalue weighted by atomic mass is 9.49. The fraction of sp³-hybridized carbons (Fsp3) is 0.696. The highest BCUT2D eigenvalue weighted by atomic mass is 32.2. The van der Waals surface area contributed by atoms with Gasteiger partial charge in [-0.15, -0.1) is 0 Å². The molecule has 1 aliphatic heterocycles. The average Bonchev–Trinajstić information content (AvgIpc) is 2.71. The summed E-state index contributed by atoms with van der Waals surface area (Å²) in [5.41, 5.74) is -0.124. The van der Waals surface area contributed by atoms with Crippen LogP contribution in [0.3, 0.4) is 0 Å². The van der Waals surface area contributed by atoms with Crippen LogP contribution in [0.2, 0.25) is 0 Å². The number of halogens is 1. The van der Waals surface area contributed by atoms with Crippen LogP contribution in [0.15, 0.2) is 29.2 Å². The van der Waals surface area contributed by atoms with E-state index in [1.54, 1.807) is 0 Å². The Labute approximate surface area is 178 Å². The zero-order valence-electron chi connectivity index (χ0n) is 17.4. The minimum Gasteiger partial charge on any atom is -0.355 e. The normalized spacial score (nSPS) is 34.2. The molecule has 7 heteroatoms. The van der Waals surface area contributed by atoms with Crippen molar-refractivity contribution in [3.8, 4) is 0 Å². The van der Waals surface area contributed by atoms with Crippen molar-refractivity contribution in [2.24, 2.45) is 29.1 Å². The van der Waals surface area contributed by atoms with E-state index in [4.69, 9.17) is 0 Å². The lowest BCUT2D eigenvalue weighted by Gasteiger charge is -2.55. The summed E-state index contributed by atoms with van der Waals surface area (Å²) in [6.07, 6.45) is 8.66.